The summed E-state index contributed by atoms with van der Waals surface area (Å²) in [6.45, 7) is 8.14. The Bertz CT molecular complexity index is 868. The van der Waals surface area contributed by atoms with Gasteiger partial charge in [-0.15, -0.1) is 0 Å². The summed E-state index contributed by atoms with van der Waals surface area (Å²) >= 11 is 0. The van der Waals surface area contributed by atoms with Gasteiger partial charge in [-0.3, -0.25) is 4.79 Å². The molecule has 0 saturated carbocycles. The number of carbonyl (C=O) groups is 1. The van der Waals surface area contributed by atoms with Crippen LogP contribution in [0.3, 0.4) is 0 Å². The van der Waals surface area contributed by atoms with Crippen molar-refractivity contribution in [1.82, 2.24) is 14.7 Å². The van der Waals surface area contributed by atoms with E-state index in [1.807, 2.05) is 11.0 Å². The number of ether oxygens (including phenoxy) is 2. The Kier molecular flexibility index (Phi) is 8.74. The minimum Gasteiger partial charge on any atom is -0.495 e. The van der Waals surface area contributed by atoms with Gasteiger partial charge in [-0.2, -0.15) is 0 Å². The molecule has 4 rings (SSSR count). The second-order valence-electron chi connectivity index (χ2n) is 9.37. The molecule has 0 atom stereocenters. The van der Waals surface area contributed by atoms with E-state index >= 15 is 0 Å². The lowest BCUT2D eigenvalue weighted by atomic mass is 10.1. The Morgan fingerprint density at radius 2 is 1.59 bits per heavy atom. The van der Waals surface area contributed by atoms with Gasteiger partial charge in [0.05, 0.1) is 25.1 Å². The van der Waals surface area contributed by atoms with Gasteiger partial charge in [-0.1, -0.05) is 18.2 Å². The van der Waals surface area contributed by atoms with Gasteiger partial charge in [-0.25, -0.2) is 0 Å². The summed E-state index contributed by atoms with van der Waals surface area (Å²) in [5, 5.41) is 0. The van der Waals surface area contributed by atoms with E-state index in [1.165, 1.54) is 11.4 Å². The number of hydrogen-bond acceptors (Lipinski definition) is 6. The molecule has 7 heteroatoms. The summed E-state index contributed by atoms with van der Waals surface area (Å²) in [5.74, 6) is 2.19. The normalized spacial score (nSPS) is 19.5. The fraction of sp³-hybridized carbons (Fsp3) is 0.593. The summed E-state index contributed by atoms with van der Waals surface area (Å²) in [5.41, 5.74) is 2.37. The fourth-order valence-electron chi connectivity index (χ4n) is 4.92. The van der Waals surface area contributed by atoms with E-state index in [2.05, 4.69) is 52.1 Å². The molecule has 0 bridgehead atoms. The predicted molar refractivity (Wildman–Crippen MR) is 136 cm³/mol. The SMILES string of the molecule is COC1=CCCC=C1N1CCN(C(=O)CCCCOc2ccccc2N2CCN(C)CC2)CC1. The van der Waals surface area contributed by atoms with Crippen LogP contribution in [0.4, 0.5) is 5.69 Å². The van der Waals surface area contributed by atoms with Crippen LogP contribution in [0.25, 0.3) is 0 Å². The molecule has 2 aliphatic heterocycles. The van der Waals surface area contributed by atoms with Gasteiger partial charge in [-0.05, 0) is 50.9 Å². The molecule has 2 saturated heterocycles. The number of benzene rings is 1. The van der Waals surface area contributed by atoms with E-state index in [0.717, 1.165) is 89.6 Å². The Balaban J connectivity index is 1.16. The highest BCUT2D eigenvalue weighted by Gasteiger charge is 2.24. The topological polar surface area (TPSA) is 48.5 Å². The summed E-state index contributed by atoms with van der Waals surface area (Å²) in [6, 6.07) is 8.33. The van der Waals surface area contributed by atoms with Crippen molar-refractivity contribution >= 4 is 11.6 Å². The molecule has 0 spiro atoms. The maximum atomic E-state index is 12.7. The predicted octanol–water partition coefficient (Wildman–Crippen LogP) is 3.34. The summed E-state index contributed by atoms with van der Waals surface area (Å²) in [4.78, 5) is 21.9. The van der Waals surface area contributed by atoms with Crippen LogP contribution in [0.15, 0.2) is 47.9 Å². The monoisotopic (exact) mass is 468 g/mol. The van der Waals surface area contributed by atoms with Crippen LogP contribution in [0.1, 0.15) is 32.1 Å². The van der Waals surface area contributed by atoms with E-state index in [4.69, 9.17) is 9.47 Å². The van der Waals surface area contributed by atoms with Gasteiger partial charge >= 0.3 is 0 Å². The maximum Gasteiger partial charge on any atom is 0.222 e. The Morgan fingerprint density at radius 1 is 0.882 bits per heavy atom. The lowest BCUT2D eigenvalue weighted by Gasteiger charge is -2.38. The number of amides is 1. The first-order valence-electron chi connectivity index (χ1n) is 12.8. The number of unbranched alkanes of at least 4 members (excludes halogenated alkanes) is 1. The highest BCUT2D eigenvalue weighted by molar-refractivity contribution is 5.76. The molecule has 2 fully saturated rings. The average Bonchev–Trinajstić information content (AvgIpc) is 2.89. The Morgan fingerprint density at radius 3 is 2.35 bits per heavy atom. The lowest BCUT2D eigenvalue weighted by molar-refractivity contribution is -0.132. The van der Waals surface area contributed by atoms with Crippen LogP contribution >= 0.6 is 0 Å². The molecule has 7 nitrogen and oxygen atoms in total. The third kappa shape index (κ3) is 6.26. The molecule has 0 N–H and O–H groups in total. The Hall–Kier alpha value is -2.67. The van der Waals surface area contributed by atoms with Gasteiger partial charge in [0, 0.05) is 58.8 Å². The minimum atomic E-state index is 0.262. The largest absolute Gasteiger partial charge is 0.495 e. The molecule has 1 amide bonds. The van der Waals surface area contributed by atoms with Crippen LogP contribution in [0.5, 0.6) is 5.75 Å². The number of nitrogens with zero attached hydrogens (tertiary/aromatic N) is 4. The van der Waals surface area contributed by atoms with Crippen molar-refractivity contribution in [2.24, 2.45) is 0 Å². The highest BCUT2D eigenvalue weighted by atomic mass is 16.5. The first-order chi connectivity index (χ1) is 16.7. The van der Waals surface area contributed by atoms with Crippen molar-refractivity contribution in [1.29, 1.82) is 0 Å². The average molecular weight is 469 g/mol. The number of carbonyl (C=O) groups excluding carboxylic acids is 1. The van der Waals surface area contributed by atoms with Crippen LogP contribution < -0.4 is 9.64 Å². The molecule has 34 heavy (non-hydrogen) atoms. The molecule has 1 aromatic carbocycles. The molecule has 0 aromatic heterocycles. The van der Waals surface area contributed by atoms with Crippen LogP contribution in [-0.4, -0.2) is 93.7 Å². The van der Waals surface area contributed by atoms with Crippen molar-refractivity contribution in [3.63, 3.8) is 0 Å². The molecule has 3 aliphatic rings. The van der Waals surface area contributed by atoms with E-state index in [9.17, 15) is 4.79 Å². The number of rotatable bonds is 9. The molecule has 1 aromatic rings. The molecule has 2 heterocycles. The molecular formula is C27H40N4O3. The third-order valence-electron chi connectivity index (χ3n) is 7.03. The second-order valence-corrected chi connectivity index (χ2v) is 9.37. The van der Waals surface area contributed by atoms with Gasteiger partial charge in [0.15, 0.2) is 0 Å². The van der Waals surface area contributed by atoms with E-state index in [1.54, 1.807) is 7.11 Å². The summed E-state index contributed by atoms with van der Waals surface area (Å²) in [6.07, 6.45) is 8.86. The summed E-state index contributed by atoms with van der Waals surface area (Å²) in [7, 11) is 3.91. The van der Waals surface area contributed by atoms with E-state index in [0.29, 0.717) is 13.0 Å². The van der Waals surface area contributed by atoms with E-state index < -0.39 is 0 Å². The summed E-state index contributed by atoms with van der Waals surface area (Å²) < 4.78 is 11.7. The van der Waals surface area contributed by atoms with Crippen molar-refractivity contribution in [3.05, 3.63) is 47.9 Å². The number of methoxy groups -OCH3 is 1. The highest BCUT2D eigenvalue weighted by Crippen LogP contribution is 2.29. The third-order valence-corrected chi connectivity index (χ3v) is 7.03. The number of piperazine rings is 2. The molecule has 0 radical (unpaired) electrons. The zero-order chi connectivity index (χ0) is 23.8. The number of likely N-dealkylation sites (N-methyl/N-ethyl adjacent to an activating group) is 1. The molecule has 186 valence electrons. The van der Waals surface area contributed by atoms with Gasteiger partial charge in [0.1, 0.15) is 11.5 Å². The zero-order valence-corrected chi connectivity index (χ0v) is 20.9. The smallest absolute Gasteiger partial charge is 0.222 e. The van der Waals surface area contributed by atoms with Crippen molar-refractivity contribution in [2.75, 3.05) is 78.0 Å². The number of allylic oxidation sites excluding steroid dienone is 2. The standard InChI is InChI=1S/C27H40N4O3/c1-28-14-16-29(17-15-28)24-10-4-6-12-26(24)34-22-8-7-13-27(32)31-20-18-30(19-21-31)23-9-3-5-11-25(23)33-2/h4,6,9-12H,3,5,7-8,13-22H2,1-2H3. The first kappa shape index (κ1) is 24.5. The van der Waals surface area contributed by atoms with Crippen LogP contribution in [0, 0.1) is 0 Å². The van der Waals surface area contributed by atoms with Gasteiger partial charge in [0.25, 0.3) is 0 Å². The van der Waals surface area contributed by atoms with Crippen molar-refractivity contribution in [2.45, 2.75) is 32.1 Å². The number of para-hydroxylation sites is 2. The molecular weight excluding hydrogens is 428 g/mol. The van der Waals surface area contributed by atoms with Crippen molar-refractivity contribution < 1.29 is 14.3 Å². The van der Waals surface area contributed by atoms with Crippen molar-refractivity contribution in [3.8, 4) is 5.75 Å². The Labute approximate surface area is 204 Å². The van der Waals surface area contributed by atoms with Gasteiger partial charge in [0.2, 0.25) is 5.91 Å². The molecule has 0 unspecified atom stereocenters. The van der Waals surface area contributed by atoms with Crippen LogP contribution in [-0.2, 0) is 9.53 Å². The zero-order valence-electron chi connectivity index (χ0n) is 20.9. The quantitative estimate of drug-likeness (QED) is 0.518. The maximum absolute atomic E-state index is 12.7. The fourth-order valence-corrected chi connectivity index (χ4v) is 4.92. The lowest BCUT2D eigenvalue weighted by Crippen LogP contribution is -2.48. The minimum absolute atomic E-state index is 0.262. The van der Waals surface area contributed by atoms with Gasteiger partial charge < -0.3 is 29.1 Å². The number of anilines is 1. The number of hydrogen-bond donors (Lipinski definition) is 0. The van der Waals surface area contributed by atoms with E-state index in [-0.39, 0.29) is 5.91 Å². The molecule has 1 aliphatic carbocycles. The second kappa shape index (κ2) is 12.2. The van der Waals surface area contributed by atoms with Crippen LogP contribution in [0.2, 0.25) is 0 Å². The first-order valence-corrected chi connectivity index (χ1v) is 12.8.